The van der Waals surface area contributed by atoms with Crippen LogP contribution in [-0.2, 0) is 11.2 Å². The molecule has 0 radical (unpaired) electrons. The van der Waals surface area contributed by atoms with Gasteiger partial charge in [-0.1, -0.05) is 26.3 Å². The van der Waals surface area contributed by atoms with Crippen LogP contribution >= 0.6 is 0 Å². The number of anilines is 4. The number of piperidine rings is 1. The predicted molar refractivity (Wildman–Crippen MR) is 172 cm³/mol. The van der Waals surface area contributed by atoms with Crippen molar-refractivity contribution in [1.29, 1.82) is 0 Å². The van der Waals surface area contributed by atoms with Crippen LogP contribution < -0.4 is 26.6 Å². The molecule has 5 rings (SSSR count). The van der Waals surface area contributed by atoms with Gasteiger partial charge in [0.25, 0.3) is 5.91 Å². The van der Waals surface area contributed by atoms with E-state index in [1.807, 2.05) is 19.1 Å². The Morgan fingerprint density at radius 3 is 2.26 bits per heavy atom. The van der Waals surface area contributed by atoms with Crippen molar-refractivity contribution in [3.63, 3.8) is 0 Å². The number of rotatable bonds is 10. The number of primary amides is 1. The summed E-state index contributed by atoms with van der Waals surface area (Å²) in [6.45, 7) is 12.3. The molecule has 1 aromatic heterocycles. The van der Waals surface area contributed by atoms with Gasteiger partial charge in [0.15, 0.2) is 17.3 Å². The molecule has 0 bridgehead atoms. The summed E-state index contributed by atoms with van der Waals surface area (Å²) in [4.78, 5) is 41.4. The van der Waals surface area contributed by atoms with Crippen molar-refractivity contribution in [2.75, 3.05) is 61.8 Å². The Bertz CT molecular complexity index is 1270. The fraction of sp³-hybridized carbons (Fsp3) is 0.562. The third-order valence-electron chi connectivity index (χ3n) is 9.15. The number of amides is 2. The summed E-state index contributed by atoms with van der Waals surface area (Å²) in [5.41, 5.74) is 8.51. The third kappa shape index (κ3) is 7.64. The van der Waals surface area contributed by atoms with Crippen molar-refractivity contribution < 1.29 is 9.59 Å². The van der Waals surface area contributed by atoms with Gasteiger partial charge in [-0.15, -0.1) is 0 Å². The molecule has 0 spiro atoms. The second kappa shape index (κ2) is 14.2. The number of nitrogens with zero attached hydrogens (tertiary/aromatic N) is 5. The average molecular weight is 590 g/mol. The number of nitrogens with two attached hydrogens (primary N) is 1. The quantitative estimate of drug-likeness (QED) is 0.309. The molecule has 43 heavy (non-hydrogen) atoms. The fourth-order valence-corrected chi connectivity index (χ4v) is 6.55. The number of aryl methyl sites for hydroxylation is 1. The first-order valence-corrected chi connectivity index (χ1v) is 15.8. The molecule has 2 amide bonds. The van der Waals surface area contributed by atoms with Crippen molar-refractivity contribution in [1.82, 2.24) is 25.1 Å². The van der Waals surface area contributed by atoms with Gasteiger partial charge in [0.2, 0.25) is 5.91 Å². The van der Waals surface area contributed by atoms with Gasteiger partial charge in [-0.25, -0.2) is 9.97 Å². The van der Waals surface area contributed by atoms with Crippen LogP contribution in [0.1, 0.15) is 61.6 Å². The number of carbonyl (C=O) groups is 2. The first kappa shape index (κ1) is 30.7. The lowest BCUT2D eigenvalue weighted by molar-refractivity contribution is -0.117. The maximum absolute atomic E-state index is 12.4. The number of carbonyl (C=O) groups excluding carboxylic acids is 2. The number of aromatic nitrogens is 2. The number of benzene rings is 1. The molecule has 2 aliphatic heterocycles. The summed E-state index contributed by atoms with van der Waals surface area (Å²) in [7, 11) is 2.20. The van der Waals surface area contributed by atoms with Crippen LogP contribution in [-0.4, -0.2) is 96.0 Å². The predicted octanol–water partition coefficient (Wildman–Crippen LogP) is 3.12. The van der Waals surface area contributed by atoms with Gasteiger partial charge in [-0.05, 0) is 69.5 Å². The number of piperazine rings is 1. The zero-order valence-electron chi connectivity index (χ0n) is 25.6. The molecule has 2 aromatic rings. The molecular formula is C32H47N9O2. The first-order valence-electron chi connectivity index (χ1n) is 15.8. The standard InChI is InChI=1S/C32H47N9O2/c1-4-25-31(37-27-9-7-6-8-26(27)35-28(42)5-2)38-32(29(36-25)30(33)43)34-22-10-12-23(13-11-22)40-16-14-24(15-17-40)41-20-18-39(3)19-21-41/h5,10-13,24,26-27H,2,4,6-9,14-21H2,1,3H3,(H2,33,43)(H,35,42)(H2,34,37,38)/t26-,27+/m1/s1. The number of hydrogen-bond acceptors (Lipinski definition) is 9. The molecule has 11 heteroatoms. The largest absolute Gasteiger partial charge is 0.371 e. The smallest absolute Gasteiger partial charge is 0.271 e. The summed E-state index contributed by atoms with van der Waals surface area (Å²) in [6, 6.07) is 8.87. The molecule has 1 aromatic carbocycles. The normalized spacial score (nSPS) is 22.1. The van der Waals surface area contributed by atoms with Crippen LogP contribution in [0.5, 0.6) is 0 Å². The minimum Gasteiger partial charge on any atom is -0.371 e. The summed E-state index contributed by atoms with van der Waals surface area (Å²) < 4.78 is 0. The zero-order chi connectivity index (χ0) is 30.3. The highest BCUT2D eigenvalue weighted by atomic mass is 16.2. The SMILES string of the molecule is C=CC(=O)N[C@@H]1CCCC[C@@H]1Nc1nc(Nc2ccc(N3CCC(N4CCN(C)CC4)CC3)cc2)c(C(N)=O)nc1CC. The lowest BCUT2D eigenvalue weighted by Crippen LogP contribution is -2.52. The van der Waals surface area contributed by atoms with E-state index in [-0.39, 0.29) is 23.7 Å². The average Bonchev–Trinajstić information content (AvgIpc) is 3.03. The number of hydrogen-bond donors (Lipinski definition) is 4. The van der Waals surface area contributed by atoms with Gasteiger partial charge in [0.1, 0.15) is 0 Å². The molecule has 1 aliphatic carbocycles. The van der Waals surface area contributed by atoms with Crippen LogP contribution in [0, 0.1) is 0 Å². The van der Waals surface area contributed by atoms with E-state index in [4.69, 9.17) is 10.7 Å². The molecule has 3 fully saturated rings. The maximum Gasteiger partial charge on any atom is 0.271 e. The lowest BCUT2D eigenvalue weighted by Gasteiger charge is -2.42. The summed E-state index contributed by atoms with van der Waals surface area (Å²) in [6.07, 6.45) is 8.10. The van der Waals surface area contributed by atoms with Gasteiger partial charge in [-0.2, -0.15) is 0 Å². The van der Waals surface area contributed by atoms with Crippen molar-refractivity contribution in [3.05, 3.63) is 48.3 Å². The fourth-order valence-electron chi connectivity index (χ4n) is 6.55. The first-order chi connectivity index (χ1) is 20.8. The van der Waals surface area contributed by atoms with Crippen molar-refractivity contribution >= 4 is 34.8 Å². The highest BCUT2D eigenvalue weighted by Gasteiger charge is 2.29. The Morgan fingerprint density at radius 1 is 0.953 bits per heavy atom. The Labute approximate surface area is 255 Å². The van der Waals surface area contributed by atoms with E-state index < -0.39 is 5.91 Å². The van der Waals surface area contributed by atoms with E-state index in [0.717, 1.165) is 57.5 Å². The molecule has 5 N–H and O–H groups in total. The van der Waals surface area contributed by atoms with E-state index in [9.17, 15) is 9.59 Å². The summed E-state index contributed by atoms with van der Waals surface area (Å²) in [5, 5.41) is 9.87. The lowest BCUT2D eigenvalue weighted by atomic mass is 9.90. The van der Waals surface area contributed by atoms with E-state index in [2.05, 4.69) is 61.4 Å². The Kier molecular flexibility index (Phi) is 10.1. The van der Waals surface area contributed by atoms with E-state index in [1.54, 1.807) is 0 Å². The maximum atomic E-state index is 12.4. The topological polar surface area (TPSA) is 132 Å². The van der Waals surface area contributed by atoms with Gasteiger partial charge in [0, 0.05) is 68.8 Å². The van der Waals surface area contributed by atoms with Gasteiger partial charge < -0.3 is 31.5 Å². The summed E-state index contributed by atoms with van der Waals surface area (Å²) >= 11 is 0. The molecular weight excluding hydrogens is 542 g/mol. The second-order valence-corrected chi connectivity index (χ2v) is 12.0. The molecule has 232 valence electrons. The molecule has 1 saturated carbocycles. The van der Waals surface area contributed by atoms with Crippen LogP contribution in [0.25, 0.3) is 0 Å². The molecule has 3 aliphatic rings. The van der Waals surface area contributed by atoms with Gasteiger partial charge >= 0.3 is 0 Å². The van der Waals surface area contributed by atoms with Crippen molar-refractivity contribution in [2.24, 2.45) is 5.73 Å². The highest BCUT2D eigenvalue weighted by molar-refractivity contribution is 5.96. The van der Waals surface area contributed by atoms with Crippen molar-refractivity contribution in [3.8, 4) is 0 Å². The number of nitrogens with one attached hydrogen (secondary N) is 3. The zero-order valence-corrected chi connectivity index (χ0v) is 25.6. The van der Waals surface area contributed by atoms with Crippen LogP contribution in [0.4, 0.5) is 23.0 Å². The highest BCUT2D eigenvalue weighted by Crippen LogP contribution is 2.29. The monoisotopic (exact) mass is 589 g/mol. The molecule has 2 saturated heterocycles. The Hall–Kier alpha value is -3.70. The minimum atomic E-state index is -0.634. The van der Waals surface area contributed by atoms with Gasteiger partial charge in [0.05, 0.1) is 5.69 Å². The molecule has 2 atom stereocenters. The summed E-state index contributed by atoms with van der Waals surface area (Å²) in [5.74, 6) is 0.0923. The van der Waals surface area contributed by atoms with Crippen LogP contribution in [0.15, 0.2) is 36.9 Å². The number of likely N-dealkylation sites (N-methyl/N-ethyl adjacent to an activating group) is 1. The Morgan fingerprint density at radius 2 is 1.63 bits per heavy atom. The molecule has 3 heterocycles. The second-order valence-electron chi connectivity index (χ2n) is 12.0. The third-order valence-corrected chi connectivity index (χ3v) is 9.15. The minimum absolute atomic E-state index is 0.01000. The molecule has 0 unspecified atom stereocenters. The van der Waals surface area contributed by atoms with E-state index in [1.165, 1.54) is 37.7 Å². The van der Waals surface area contributed by atoms with Gasteiger partial charge in [-0.3, -0.25) is 14.5 Å². The Balaban J connectivity index is 1.27. The molecule has 11 nitrogen and oxygen atoms in total. The van der Waals surface area contributed by atoms with E-state index >= 15 is 0 Å². The van der Waals surface area contributed by atoms with E-state index in [0.29, 0.717) is 29.8 Å². The van der Waals surface area contributed by atoms with Crippen molar-refractivity contribution in [2.45, 2.75) is 70.0 Å². The van der Waals surface area contributed by atoms with Crippen LogP contribution in [0.2, 0.25) is 0 Å². The van der Waals surface area contributed by atoms with Crippen LogP contribution in [0.3, 0.4) is 0 Å².